The first-order chi connectivity index (χ1) is 16.2. The molecule has 0 radical (unpaired) electrons. The fourth-order valence-corrected chi connectivity index (χ4v) is 4.19. The Bertz CT molecular complexity index is 1250. The maximum atomic E-state index is 12.5. The fourth-order valence-electron chi connectivity index (χ4n) is 3.21. The number of aryl methyl sites for hydroxylation is 2. The van der Waals surface area contributed by atoms with Crippen LogP contribution in [-0.2, 0) is 22.6 Å². The zero-order chi connectivity index (χ0) is 24.8. The maximum Gasteiger partial charge on any atom is 0.271 e. The molecule has 0 aliphatic carbocycles. The van der Waals surface area contributed by atoms with Crippen LogP contribution in [-0.4, -0.2) is 37.3 Å². The van der Waals surface area contributed by atoms with Gasteiger partial charge in [-0.2, -0.15) is 0 Å². The average Bonchev–Trinajstić information content (AvgIpc) is 3.16. The van der Waals surface area contributed by atoms with Crippen molar-refractivity contribution in [2.75, 3.05) is 16.4 Å². The molecule has 0 bridgehead atoms. The van der Waals surface area contributed by atoms with E-state index in [0.717, 1.165) is 28.6 Å². The highest BCUT2D eigenvalue weighted by Gasteiger charge is 2.17. The Labute approximate surface area is 205 Å². The summed E-state index contributed by atoms with van der Waals surface area (Å²) < 4.78 is 1.76. The molecular weight excluding hydrogens is 480 g/mol. The van der Waals surface area contributed by atoms with Gasteiger partial charge in [0.05, 0.1) is 27.8 Å². The number of carbonyl (C=O) groups excluding carboxylic acids is 2. The summed E-state index contributed by atoms with van der Waals surface area (Å²) in [6, 6.07) is 9.59. The van der Waals surface area contributed by atoms with Crippen LogP contribution in [0.1, 0.15) is 23.9 Å². The second kappa shape index (κ2) is 11.1. The number of halogens is 1. The first kappa shape index (κ1) is 25.2. The van der Waals surface area contributed by atoms with E-state index >= 15 is 0 Å². The summed E-state index contributed by atoms with van der Waals surface area (Å²) in [6.45, 7) is 6.32. The van der Waals surface area contributed by atoms with E-state index in [1.54, 1.807) is 4.57 Å². The molecule has 0 aliphatic heterocycles. The molecule has 10 nitrogen and oxygen atoms in total. The largest absolute Gasteiger partial charge is 0.325 e. The number of anilines is 2. The van der Waals surface area contributed by atoms with E-state index in [9.17, 15) is 19.7 Å². The molecule has 0 saturated carbocycles. The van der Waals surface area contributed by atoms with Crippen LogP contribution in [0.15, 0.2) is 41.6 Å². The lowest BCUT2D eigenvalue weighted by atomic mass is 10.1. The molecule has 3 rings (SSSR count). The van der Waals surface area contributed by atoms with E-state index in [1.807, 2.05) is 39.0 Å². The molecule has 2 aromatic carbocycles. The molecule has 2 N–H and O–H groups in total. The predicted molar refractivity (Wildman–Crippen MR) is 131 cm³/mol. The second-order valence-corrected chi connectivity index (χ2v) is 8.79. The van der Waals surface area contributed by atoms with Gasteiger partial charge >= 0.3 is 0 Å². The lowest BCUT2D eigenvalue weighted by molar-refractivity contribution is -0.384. The molecule has 178 valence electrons. The summed E-state index contributed by atoms with van der Waals surface area (Å²) in [4.78, 5) is 35.3. The van der Waals surface area contributed by atoms with Crippen LogP contribution in [0.25, 0.3) is 0 Å². The zero-order valence-electron chi connectivity index (χ0n) is 18.8. The number of nitro groups is 1. The number of benzene rings is 2. The first-order valence-electron chi connectivity index (χ1n) is 10.3. The summed E-state index contributed by atoms with van der Waals surface area (Å²) in [5.41, 5.74) is 2.80. The molecule has 0 spiro atoms. The van der Waals surface area contributed by atoms with Gasteiger partial charge in [0.2, 0.25) is 11.8 Å². The van der Waals surface area contributed by atoms with Crippen molar-refractivity contribution in [2.24, 2.45) is 0 Å². The van der Waals surface area contributed by atoms with Crippen molar-refractivity contribution in [3.05, 3.63) is 68.5 Å². The molecule has 12 heteroatoms. The monoisotopic (exact) mass is 502 g/mol. The fraction of sp³-hybridized carbons (Fsp3) is 0.273. The standard InChI is InChI=1S/C22H23ClN6O4S/c1-4-28-19(11-20(30)24-17-8-5-13(2)9-14(17)3)26-27-22(28)34-12-21(31)25-18-10-15(29(32)33)6-7-16(18)23/h5-10H,4,11-12H2,1-3H3,(H,24,30)(H,25,31). The number of nitro benzene ring substituents is 1. The van der Waals surface area contributed by atoms with Gasteiger partial charge in [-0.3, -0.25) is 19.7 Å². The molecule has 34 heavy (non-hydrogen) atoms. The molecule has 1 aromatic heterocycles. The van der Waals surface area contributed by atoms with Gasteiger partial charge < -0.3 is 15.2 Å². The Morgan fingerprint density at radius 1 is 1.09 bits per heavy atom. The van der Waals surface area contributed by atoms with Gasteiger partial charge in [0.1, 0.15) is 5.82 Å². The third kappa shape index (κ3) is 6.33. The Morgan fingerprint density at radius 3 is 2.50 bits per heavy atom. The number of thioether (sulfide) groups is 1. The molecule has 0 aliphatic rings. The number of nitrogens with zero attached hydrogens (tertiary/aromatic N) is 4. The van der Waals surface area contributed by atoms with E-state index in [0.29, 0.717) is 17.5 Å². The lowest BCUT2D eigenvalue weighted by Gasteiger charge is -2.10. The van der Waals surface area contributed by atoms with E-state index in [-0.39, 0.29) is 34.5 Å². The quantitative estimate of drug-likeness (QED) is 0.252. The number of aromatic nitrogens is 3. The number of carbonyl (C=O) groups is 2. The van der Waals surface area contributed by atoms with E-state index in [1.165, 1.54) is 18.2 Å². The van der Waals surface area contributed by atoms with Crippen LogP contribution in [0.4, 0.5) is 17.1 Å². The first-order valence-corrected chi connectivity index (χ1v) is 11.7. The van der Waals surface area contributed by atoms with Crippen LogP contribution >= 0.6 is 23.4 Å². The van der Waals surface area contributed by atoms with Crippen molar-refractivity contribution in [1.82, 2.24) is 14.8 Å². The summed E-state index contributed by atoms with van der Waals surface area (Å²) >= 11 is 7.17. The van der Waals surface area contributed by atoms with Gasteiger partial charge in [0.25, 0.3) is 5.69 Å². The third-order valence-corrected chi connectivity index (χ3v) is 6.15. The van der Waals surface area contributed by atoms with Crippen LogP contribution in [0.3, 0.4) is 0 Å². The van der Waals surface area contributed by atoms with Gasteiger partial charge in [-0.25, -0.2) is 0 Å². The van der Waals surface area contributed by atoms with Gasteiger partial charge in [-0.05, 0) is 38.5 Å². The normalized spacial score (nSPS) is 10.7. The van der Waals surface area contributed by atoms with Gasteiger partial charge in [-0.15, -0.1) is 10.2 Å². The number of hydrogen-bond donors (Lipinski definition) is 2. The number of hydrogen-bond acceptors (Lipinski definition) is 7. The number of nitrogens with one attached hydrogen (secondary N) is 2. The minimum Gasteiger partial charge on any atom is -0.325 e. The van der Waals surface area contributed by atoms with Crippen molar-refractivity contribution in [3.8, 4) is 0 Å². The SMILES string of the molecule is CCn1c(CC(=O)Nc2ccc(C)cc2C)nnc1SCC(=O)Nc1cc([N+](=O)[O-])ccc1Cl. The van der Waals surface area contributed by atoms with Crippen LogP contribution in [0.5, 0.6) is 0 Å². The number of rotatable bonds is 9. The molecule has 0 saturated heterocycles. The Balaban J connectivity index is 1.62. The second-order valence-electron chi connectivity index (χ2n) is 7.44. The van der Waals surface area contributed by atoms with E-state index in [4.69, 9.17) is 11.6 Å². The van der Waals surface area contributed by atoms with Crippen LogP contribution < -0.4 is 10.6 Å². The van der Waals surface area contributed by atoms with E-state index in [2.05, 4.69) is 20.8 Å². The third-order valence-electron chi connectivity index (χ3n) is 4.85. The summed E-state index contributed by atoms with van der Waals surface area (Å²) in [5, 5.41) is 25.3. The Hall–Kier alpha value is -3.44. The van der Waals surface area contributed by atoms with Crippen LogP contribution in [0, 0.1) is 24.0 Å². The van der Waals surface area contributed by atoms with Gasteiger partial charge in [0.15, 0.2) is 5.16 Å². The molecular formula is C22H23ClN6O4S. The highest BCUT2D eigenvalue weighted by atomic mass is 35.5. The van der Waals surface area contributed by atoms with Crippen molar-refractivity contribution in [3.63, 3.8) is 0 Å². The highest BCUT2D eigenvalue weighted by Crippen LogP contribution is 2.27. The van der Waals surface area contributed by atoms with Gasteiger partial charge in [0, 0.05) is 24.4 Å². The van der Waals surface area contributed by atoms with Gasteiger partial charge in [-0.1, -0.05) is 41.1 Å². The van der Waals surface area contributed by atoms with E-state index < -0.39 is 10.8 Å². The minimum absolute atomic E-state index is 0.0219. The molecule has 1 heterocycles. The lowest BCUT2D eigenvalue weighted by Crippen LogP contribution is -2.18. The molecule has 0 unspecified atom stereocenters. The van der Waals surface area contributed by atoms with Crippen LogP contribution in [0.2, 0.25) is 5.02 Å². The molecule has 3 aromatic rings. The number of amides is 2. The predicted octanol–water partition coefficient (Wildman–Crippen LogP) is 4.39. The minimum atomic E-state index is -0.567. The molecule has 0 atom stereocenters. The average molecular weight is 503 g/mol. The topological polar surface area (TPSA) is 132 Å². The van der Waals surface area contributed by atoms with Crippen molar-refractivity contribution in [2.45, 2.75) is 38.9 Å². The molecule has 2 amide bonds. The summed E-state index contributed by atoms with van der Waals surface area (Å²) in [7, 11) is 0. The summed E-state index contributed by atoms with van der Waals surface area (Å²) in [6.07, 6.45) is 0.0319. The highest BCUT2D eigenvalue weighted by molar-refractivity contribution is 7.99. The van der Waals surface area contributed by atoms with Crippen molar-refractivity contribution in [1.29, 1.82) is 0 Å². The zero-order valence-corrected chi connectivity index (χ0v) is 20.4. The number of non-ortho nitro benzene ring substituents is 1. The Morgan fingerprint density at radius 2 is 1.82 bits per heavy atom. The molecule has 0 fully saturated rings. The van der Waals surface area contributed by atoms with Crippen molar-refractivity contribution < 1.29 is 14.5 Å². The smallest absolute Gasteiger partial charge is 0.271 e. The van der Waals surface area contributed by atoms with Crippen molar-refractivity contribution >= 4 is 52.2 Å². The maximum absolute atomic E-state index is 12.5. The Kier molecular flexibility index (Phi) is 8.24. The summed E-state index contributed by atoms with van der Waals surface area (Å²) in [5.74, 6) is -0.170.